The van der Waals surface area contributed by atoms with Crippen LogP contribution in [0.3, 0.4) is 0 Å². The van der Waals surface area contributed by atoms with Crippen LogP contribution in [-0.2, 0) is 6.42 Å². The van der Waals surface area contributed by atoms with Gasteiger partial charge in [-0.15, -0.1) is 0 Å². The van der Waals surface area contributed by atoms with Crippen LogP contribution in [0.25, 0.3) is 16.5 Å². The summed E-state index contributed by atoms with van der Waals surface area (Å²) >= 11 is 0. The standard InChI is InChI=1S/C25H27N3O2/c1-6-30-21-12-10-20(11-13-21)28-17(3)24-16(2)26-27-23(25(24)18(28)4)15-19-8-7-9-22(14-19)29-5/h7-14H,6,15H2,1-5H3. The fourth-order valence-corrected chi connectivity index (χ4v) is 4.21. The molecule has 0 fully saturated rings. The van der Waals surface area contributed by atoms with Crippen molar-refractivity contribution in [3.63, 3.8) is 0 Å². The summed E-state index contributed by atoms with van der Waals surface area (Å²) in [6.07, 6.45) is 0.703. The molecular weight excluding hydrogens is 374 g/mol. The van der Waals surface area contributed by atoms with E-state index in [1.807, 2.05) is 38.1 Å². The third-order valence-corrected chi connectivity index (χ3v) is 5.53. The van der Waals surface area contributed by atoms with Gasteiger partial charge in [-0.25, -0.2) is 0 Å². The van der Waals surface area contributed by atoms with Crippen molar-refractivity contribution in [2.45, 2.75) is 34.1 Å². The molecule has 2 aromatic heterocycles. The first kappa shape index (κ1) is 20.0. The summed E-state index contributed by atoms with van der Waals surface area (Å²) in [5.74, 6) is 1.73. The van der Waals surface area contributed by atoms with Gasteiger partial charge in [-0.05, 0) is 69.7 Å². The fourth-order valence-electron chi connectivity index (χ4n) is 4.21. The second-order valence-electron chi connectivity index (χ2n) is 7.44. The molecule has 154 valence electrons. The molecule has 0 radical (unpaired) electrons. The van der Waals surface area contributed by atoms with Crippen molar-refractivity contribution in [2.75, 3.05) is 13.7 Å². The van der Waals surface area contributed by atoms with Crippen LogP contribution in [0.2, 0.25) is 0 Å². The predicted octanol–water partition coefficient (Wildman–Crippen LogP) is 5.34. The van der Waals surface area contributed by atoms with E-state index in [0.29, 0.717) is 13.0 Å². The van der Waals surface area contributed by atoms with Gasteiger partial charge in [-0.2, -0.15) is 10.2 Å². The Morgan fingerprint density at radius 2 is 1.60 bits per heavy atom. The predicted molar refractivity (Wildman–Crippen MR) is 120 cm³/mol. The molecule has 4 rings (SSSR count). The summed E-state index contributed by atoms with van der Waals surface area (Å²) in [4.78, 5) is 0. The van der Waals surface area contributed by atoms with Gasteiger partial charge in [-0.3, -0.25) is 0 Å². The highest BCUT2D eigenvalue weighted by molar-refractivity contribution is 5.93. The van der Waals surface area contributed by atoms with Gasteiger partial charge in [0, 0.05) is 34.3 Å². The Morgan fingerprint density at radius 3 is 2.30 bits per heavy atom. The molecule has 0 spiro atoms. The molecule has 0 N–H and O–H groups in total. The lowest BCUT2D eigenvalue weighted by molar-refractivity contribution is 0.340. The van der Waals surface area contributed by atoms with Crippen LogP contribution < -0.4 is 9.47 Å². The average Bonchev–Trinajstić information content (AvgIpc) is 3.02. The highest BCUT2D eigenvalue weighted by Gasteiger charge is 2.19. The molecule has 0 amide bonds. The van der Waals surface area contributed by atoms with Gasteiger partial charge in [0.1, 0.15) is 11.5 Å². The van der Waals surface area contributed by atoms with Crippen molar-refractivity contribution in [3.8, 4) is 17.2 Å². The number of hydrogen-bond donors (Lipinski definition) is 0. The maximum Gasteiger partial charge on any atom is 0.119 e. The first-order valence-corrected chi connectivity index (χ1v) is 10.2. The summed E-state index contributed by atoms with van der Waals surface area (Å²) < 4.78 is 13.3. The third kappa shape index (κ3) is 3.52. The Balaban J connectivity index is 1.84. The average molecular weight is 402 g/mol. The number of aromatic nitrogens is 3. The minimum absolute atomic E-state index is 0.662. The van der Waals surface area contributed by atoms with E-state index in [9.17, 15) is 0 Å². The lowest BCUT2D eigenvalue weighted by Gasteiger charge is -2.11. The van der Waals surface area contributed by atoms with Crippen molar-refractivity contribution in [2.24, 2.45) is 0 Å². The Labute approximate surface area is 177 Å². The quantitative estimate of drug-likeness (QED) is 0.437. The van der Waals surface area contributed by atoms with E-state index in [-0.39, 0.29) is 0 Å². The zero-order valence-corrected chi connectivity index (χ0v) is 18.2. The van der Waals surface area contributed by atoms with Crippen LogP contribution >= 0.6 is 0 Å². The van der Waals surface area contributed by atoms with Crippen LogP contribution in [0.1, 0.15) is 35.3 Å². The van der Waals surface area contributed by atoms with Gasteiger partial charge in [-0.1, -0.05) is 12.1 Å². The van der Waals surface area contributed by atoms with Gasteiger partial charge < -0.3 is 14.0 Å². The van der Waals surface area contributed by atoms with E-state index in [4.69, 9.17) is 9.47 Å². The van der Waals surface area contributed by atoms with Gasteiger partial charge in [0.15, 0.2) is 0 Å². The molecule has 4 aromatic rings. The summed E-state index contributed by atoms with van der Waals surface area (Å²) in [7, 11) is 1.69. The van der Waals surface area contributed by atoms with E-state index in [1.165, 1.54) is 22.2 Å². The zero-order valence-electron chi connectivity index (χ0n) is 18.2. The smallest absolute Gasteiger partial charge is 0.119 e. The molecule has 0 saturated heterocycles. The second-order valence-corrected chi connectivity index (χ2v) is 7.44. The minimum atomic E-state index is 0.662. The molecule has 30 heavy (non-hydrogen) atoms. The Kier molecular flexibility index (Phi) is 5.44. The first-order valence-electron chi connectivity index (χ1n) is 10.2. The lowest BCUT2D eigenvalue weighted by Crippen LogP contribution is -2.00. The molecule has 2 heterocycles. The van der Waals surface area contributed by atoms with E-state index in [1.54, 1.807) is 7.11 Å². The largest absolute Gasteiger partial charge is 0.497 e. The summed E-state index contributed by atoms with van der Waals surface area (Å²) in [6, 6.07) is 16.4. The number of fused-ring (bicyclic) bond motifs is 1. The number of benzene rings is 2. The van der Waals surface area contributed by atoms with Crippen LogP contribution in [0.5, 0.6) is 11.5 Å². The molecule has 0 aliphatic rings. The monoisotopic (exact) mass is 401 g/mol. The molecule has 0 aliphatic carbocycles. The molecule has 2 aromatic carbocycles. The molecule has 0 atom stereocenters. The van der Waals surface area contributed by atoms with E-state index >= 15 is 0 Å². The van der Waals surface area contributed by atoms with Gasteiger partial charge in [0.2, 0.25) is 0 Å². The fraction of sp³-hybridized carbons (Fsp3) is 0.280. The number of methoxy groups -OCH3 is 1. The third-order valence-electron chi connectivity index (χ3n) is 5.53. The summed E-state index contributed by atoms with van der Waals surface area (Å²) in [6.45, 7) is 8.99. The summed E-state index contributed by atoms with van der Waals surface area (Å²) in [5, 5.41) is 11.4. The number of aryl methyl sites for hydroxylation is 3. The van der Waals surface area contributed by atoms with Crippen LogP contribution in [-0.4, -0.2) is 28.5 Å². The normalized spacial score (nSPS) is 11.1. The SMILES string of the molecule is CCOc1ccc(-n2c(C)c3c(C)nnc(Cc4cccc(OC)c4)c3c2C)cc1. The molecule has 0 saturated carbocycles. The number of ether oxygens (including phenoxy) is 2. The van der Waals surface area contributed by atoms with Crippen molar-refractivity contribution >= 4 is 10.8 Å². The lowest BCUT2D eigenvalue weighted by atomic mass is 10.0. The minimum Gasteiger partial charge on any atom is -0.497 e. The number of nitrogens with zero attached hydrogens (tertiary/aromatic N) is 3. The van der Waals surface area contributed by atoms with Crippen molar-refractivity contribution < 1.29 is 9.47 Å². The van der Waals surface area contributed by atoms with Crippen LogP contribution in [0.4, 0.5) is 0 Å². The molecular formula is C25H27N3O2. The number of hydrogen-bond acceptors (Lipinski definition) is 4. The molecule has 5 nitrogen and oxygen atoms in total. The maximum absolute atomic E-state index is 5.60. The van der Waals surface area contributed by atoms with Gasteiger partial charge in [0.05, 0.1) is 25.1 Å². The highest BCUT2D eigenvalue weighted by atomic mass is 16.5. The molecule has 0 bridgehead atoms. The Hall–Kier alpha value is -3.34. The van der Waals surface area contributed by atoms with E-state index < -0.39 is 0 Å². The zero-order chi connectivity index (χ0) is 21.3. The Morgan fingerprint density at radius 1 is 0.867 bits per heavy atom. The molecule has 5 heteroatoms. The second kappa shape index (κ2) is 8.19. The topological polar surface area (TPSA) is 49.2 Å². The number of rotatable bonds is 6. The Bertz CT molecular complexity index is 1190. The highest BCUT2D eigenvalue weighted by Crippen LogP contribution is 2.33. The first-order chi connectivity index (χ1) is 14.5. The van der Waals surface area contributed by atoms with Crippen LogP contribution in [0, 0.1) is 20.8 Å². The molecule has 0 aliphatic heterocycles. The molecule has 0 unspecified atom stereocenters. The van der Waals surface area contributed by atoms with Gasteiger partial charge in [0.25, 0.3) is 0 Å². The summed E-state index contributed by atoms with van der Waals surface area (Å²) in [5.41, 5.74) is 6.53. The van der Waals surface area contributed by atoms with E-state index in [0.717, 1.165) is 34.1 Å². The van der Waals surface area contributed by atoms with Crippen LogP contribution in [0.15, 0.2) is 48.5 Å². The van der Waals surface area contributed by atoms with Gasteiger partial charge >= 0.3 is 0 Å². The van der Waals surface area contributed by atoms with Crippen molar-refractivity contribution in [1.29, 1.82) is 0 Å². The van der Waals surface area contributed by atoms with Crippen molar-refractivity contribution in [3.05, 3.63) is 76.9 Å². The van der Waals surface area contributed by atoms with Crippen molar-refractivity contribution in [1.82, 2.24) is 14.8 Å². The maximum atomic E-state index is 5.60. The van der Waals surface area contributed by atoms with E-state index in [2.05, 4.69) is 52.9 Å².